The Balaban J connectivity index is 2.50. The van der Waals surface area contributed by atoms with Crippen molar-refractivity contribution in [3.05, 3.63) is 0 Å². The van der Waals surface area contributed by atoms with Gasteiger partial charge in [0.1, 0.15) is 0 Å². The first-order valence-electron chi connectivity index (χ1n) is 7.37. The van der Waals surface area contributed by atoms with E-state index in [-0.39, 0.29) is 18.6 Å². The molecule has 0 amide bonds. The lowest BCUT2D eigenvalue weighted by atomic mass is 9.81. The minimum Gasteiger partial charge on any atom is -0.395 e. The fourth-order valence-corrected chi connectivity index (χ4v) is 2.45. The molecule has 108 valence electrons. The van der Waals surface area contributed by atoms with Crippen LogP contribution in [-0.2, 0) is 0 Å². The van der Waals surface area contributed by atoms with E-state index in [9.17, 15) is 0 Å². The third-order valence-corrected chi connectivity index (χ3v) is 4.23. The second-order valence-electron chi connectivity index (χ2n) is 5.59. The molecule has 1 saturated carbocycles. The third-order valence-electron chi connectivity index (χ3n) is 4.23. The first-order chi connectivity index (χ1) is 8.69. The maximum Gasteiger partial charge on any atom is 0.0558 e. The van der Waals surface area contributed by atoms with Gasteiger partial charge in [-0.1, -0.05) is 13.8 Å². The third kappa shape index (κ3) is 5.22. The lowest BCUT2D eigenvalue weighted by molar-refractivity contribution is 0.0963. The van der Waals surface area contributed by atoms with Gasteiger partial charge >= 0.3 is 0 Å². The van der Waals surface area contributed by atoms with Gasteiger partial charge in [0.05, 0.1) is 13.2 Å². The number of hydrogen-bond donors (Lipinski definition) is 3. The highest BCUT2D eigenvalue weighted by molar-refractivity contribution is 4.88. The van der Waals surface area contributed by atoms with Crippen LogP contribution in [0.5, 0.6) is 0 Å². The van der Waals surface area contributed by atoms with Gasteiger partial charge in [-0.2, -0.15) is 0 Å². The van der Waals surface area contributed by atoms with Crippen molar-refractivity contribution >= 4 is 0 Å². The molecule has 1 aliphatic rings. The monoisotopic (exact) mass is 258 g/mol. The van der Waals surface area contributed by atoms with E-state index < -0.39 is 0 Å². The Bertz CT molecular complexity index is 210. The molecule has 18 heavy (non-hydrogen) atoms. The molecule has 0 aromatic rings. The SMILES string of the molecule is CCC(CC)(CNC1CC1)CN(CCO)CCO. The van der Waals surface area contributed by atoms with Crippen molar-refractivity contribution in [1.29, 1.82) is 0 Å². The zero-order valence-electron chi connectivity index (χ0n) is 12.0. The average Bonchev–Trinajstić information content (AvgIpc) is 3.19. The van der Waals surface area contributed by atoms with Crippen LogP contribution in [0.25, 0.3) is 0 Å². The Hall–Kier alpha value is -0.160. The summed E-state index contributed by atoms with van der Waals surface area (Å²) in [4.78, 5) is 2.18. The van der Waals surface area contributed by atoms with Crippen molar-refractivity contribution in [1.82, 2.24) is 10.2 Å². The zero-order valence-corrected chi connectivity index (χ0v) is 12.0. The van der Waals surface area contributed by atoms with E-state index in [0.717, 1.165) is 32.0 Å². The van der Waals surface area contributed by atoms with Crippen LogP contribution in [0, 0.1) is 5.41 Å². The molecule has 1 rings (SSSR count). The van der Waals surface area contributed by atoms with Gasteiger partial charge in [-0.05, 0) is 31.1 Å². The van der Waals surface area contributed by atoms with Crippen LogP contribution in [0.3, 0.4) is 0 Å². The first kappa shape index (κ1) is 15.9. The summed E-state index contributed by atoms with van der Waals surface area (Å²) in [5.74, 6) is 0. The topological polar surface area (TPSA) is 55.7 Å². The van der Waals surface area contributed by atoms with Crippen molar-refractivity contribution in [2.24, 2.45) is 5.41 Å². The number of aliphatic hydroxyl groups excluding tert-OH is 2. The fraction of sp³-hybridized carbons (Fsp3) is 1.00. The van der Waals surface area contributed by atoms with Crippen molar-refractivity contribution in [3.8, 4) is 0 Å². The van der Waals surface area contributed by atoms with Gasteiger partial charge in [0.15, 0.2) is 0 Å². The predicted octanol–water partition coefficient (Wildman–Crippen LogP) is 0.831. The number of nitrogens with one attached hydrogen (secondary N) is 1. The molecule has 0 aromatic heterocycles. The minimum absolute atomic E-state index is 0.166. The molecule has 0 aromatic carbocycles. The number of hydrogen-bond acceptors (Lipinski definition) is 4. The van der Waals surface area contributed by atoms with Crippen LogP contribution in [0.15, 0.2) is 0 Å². The van der Waals surface area contributed by atoms with Gasteiger partial charge in [0.25, 0.3) is 0 Å². The summed E-state index contributed by atoms with van der Waals surface area (Å²) in [6.45, 7) is 8.15. The molecule has 0 radical (unpaired) electrons. The maximum atomic E-state index is 9.09. The summed E-state index contributed by atoms with van der Waals surface area (Å²) in [5, 5.41) is 21.8. The Morgan fingerprint density at radius 1 is 1.11 bits per heavy atom. The molecule has 0 aliphatic heterocycles. The van der Waals surface area contributed by atoms with E-state index >= 15 is 0 Å². The second kappa shape index (κ2) is 8.10. The molecule has 0 heterocycles. The van der Waals surface area contributed by atoms with Crippen molar-refractivity contribution in [3.63, 3.8) is 0 Å². The molecular weight excluding hydrogens is 228 g/mol. The highest BCUT2D eigenvalue weighted by atomic mass is 16.3. The largest absolute Gasteiger partial charge is 0.395 e. The van der Waals surface area contributed by atoms with E-state index in [1.54, 1.807) is 0 Å². The fourth-order valence-electron chi connectivity index (χ4n) is 2.45. The summed E-state index contributed by atoms with van der Waals surface area (Å²) in [5.41, 5.74) is 0.271. The number of nitrogens with zero attached hydrogens (tertiary/aromatic N) is 1. The summed E-state index contributed by atoms with van der Waals surface area (Å²) < 4.78 is 0. The molecule has 0 saturated heterocycles. The average molecular weight is 258 g/mol. The summed E-state index contributed by atoms with van der Waals surface area (Å²) in [6, 6.07) is 0.742. The maximum absolute atomic E-state index is 9.09. The molecule has 0 unspecified atom stereocenters. The molecule has 4 nitrogen and oxygen atoms in total. The van der Waals surface area contributed by atoms with Crippen LogP contribution in [0.1, 0.15) is 39.5 Å². The van der Waals surface area contributed by atoms with Crippen LogP contribution in [0.2, 0.25) is 0 Å². The van der Waals surface area contributed by atoms with E-state index in [0.29, 0.717) is 13.1 Å². The van der Waals surface area contributed by atoms with Crippen molar-refractivity contribution in [2.75, 3.05) is 39.4 Å². The smallest absolute Gasteiger partial charge is 0.0558 e. The van der Waals surface area contributed by atoms with Gasteiger partial charge in [0, 0.05) is 32.2 Å². The number of aliphatic hydroxyl groups is 2. The van der Waals surface area contributed by atoms with E-state index in [2.05, 4.69) is 24.1 Å². The van der Waals surface area contributed by atoms with Gasteiger partial charge < -0.3 is 15.5 Å². The molecule has 1 fully saturated rings. The Morgan fingerprint density at radius 2 is 1.67 bits per heavy atom. The minimum atomic E-state index is 0.166. The van der Waals surface area contributed by atoms with Gasteiger partial charge in [-0.25, -0.2) is 0 Å². The van der Waals surface area contributed by atoms with Crippen LogP contribution >= 0.6 is 0 Å². The van der Waals surface area contributed by atoms with Crippen LogP contribution < -0.4 is 5.32 Å². The molecule has 1 aliphatic carbocycles. The predicted molar refractivity (Wildman–Crippen MR) is 74.7 cm³/mol. The molecule has 4 heteroatoms. The molecule has 0 atom stereocenters. The molecular formula is C14H30N2O2. The van der Waals surface area contributed by atoms with E-state index in [1.165, 1.54) is 12.8 Å². The van der Waals surface area contributed by atoms with Crippen molar-refractivity contribution < 1.29 is 10.2 Å². The van der Waals surface area contributed by atoms with Gasteiger partial charge in [-0.3, -0.25) is 4.90 Å². The van der Waals surface area contributed by atoms with E-state index in [4.69, 9.17) is 10.2 Å². The lowest BCUT2D eigenvalue weighted by Gasteiger charge is -2.37. The summed E-state index contributed by atoms with van der Waals surface area (Å²) >= 11 is 0. The summed E-state index contributed by atoms with van der Waals surface area (Å²) in [7, 11) is 0. The Morgan fingerprint density at radius 3 is 2.06 bits per heavy atom. The number of rotatable bonds is 11. The Labute approximate surface area is 111 Å². The standard InChI is InChI=1S/C14H30N2O2/c1-3-14(4-2,11-15-13-5-6-13)12-16(7-9-17)8-10-18/h13,15,17-18H,3-12H2,1-2H3. The van der Waals surface area contributed by atoms with Crippen LogP contribution in [0.4, 0.5) is 0 Å². The molecule has 0 bridgehead atoms. The first-order valence-corrected chi connectivity index (χ1v) is 7.37. The second-order valence-corrected chi connectivity index (χ2v) is 5.59. The highest BCUT2D eigenvalue weighted by Crippen LogP contribution is 2.29. The quantitative estimate of drug-likeness (QED) is 0.514. The van der Waals surface area contributed by atoms with Crippen molar-refractivity contribution in [2.45, 2.75) is 45.6 Å². The zero-order chi connectivity index (χ0) is 13.4. The van der Waals surface area contributed by atoms with Gasteiger partial charge in [-0.15, -0.1) is 0 Å². The Kier molecular flexibility index (Phi) is 7.15. The summed E-state index contributed by atoms with van der Waals surface area (Å²) in [6.07, 6.45) is 4.91. The normalized spacial score (nSPS) is 16.5. The highest BCUT2D eigenvalue weighted by Gasteiger charge is 2.31. The van der Waals surface area contributed by atoms with E-state index in [1.807, 2.05) is 0 Å². The van der Waals surface area contributed by atoms with Gasteiger partial charge in [0.2, 0.25) is 0 Å². The van der Waals surface area contributed by atoms with Crippen LogP contribution in [-0.4, -0.2) is 60.5 Å². The lowest BCUT2D eigenvalue weighted by Crippen LogP contribution is -2.45. The molecule has 0 spiro atoms. The molecule has 3 N–H and O–H groups in total.